The number of anilines is 1. The van der Waals surface area contributed by atoms with Crippen LogP contribution in [0, 0.1) is 6.92 Å². The van der Waals surface area contributed by atoms with Crippen LogP contribution in [0.15, 0.2) is 30.3 Å². The first-order valence-corrected chi connectivity index (χ1v) is 10.6. The minimum Gasteiger partial charge on any atom is -0.497 e. The van der Waals surface area contributed by atoms with Crippen LogP contribution in [0.1, 0.15) is 15.9 Å². The maximum absolute atomic E-state index is 13.0. The maximum atomic E-state index is 13.0. The van der Waals surface area contributed by atoms with Crippen molar-refractivity contribution < 1.29 is 19.0 Å². The van der Waals surface area contributed by atoms with E-state index in [1.54, 1.807) is 50.9 Å². The van der Waals surface area contributed by atoms with Crippen LogP contribution in [0.2, 0.25) is 0 Å². The van der Waals surface area contributed by atoms with Gasteiger partial charge in [-0.15, -0.1) is 0 Å². The number of fused-ring (bicyclic) bond motifs is 1. The van der Waals surface area contributed by atoms with E-state index >= 15 is 0 Å². The number of nitrogens with zero attached hydrogens (tertiary/aromatic N) is 3. The number of amides is 1. The molecule has 0 bridgehead atoms. The summed E-state index contributed by atoms with van der Waals surface area (Å²) in [5.74, 6) is 1.94. The fraction of sp³-hybridized carbons (Fsp3) is 0.364. The standard InChI is InChI=1S/C22H25N3O4S/c1-14-5-8-17(28-3)19-20(14)30-22(23-19)25-11-9-24(10-12-25)21(26)16-7-6-15(27-2)13-18(16)29-4/h5-8,13H,9-12H2,1-4H3. The van der Waals surface area contributed by atoms with Crippen LogP contribution in [0.3, 0.4) is 0 Å². The monoisotopic (exact) mass is 427 g/mol. The lowest BCUT2D eigenvalue weighted by Crippen LogP contribution is -2.48. The van der Waals surface area contributed by atoms with Crippen molar-refractivity contribution in [3.63, 3.8) is 0 Å². The average molecular weight is 428 g/mol. The van der Waals surface area contributed by atoms with E-state index in [0.29, 0.717) is 30.2 Å². The van der Waals surface area contributed by atoms with Crippen LogP contribution in [0.4, 0.5) is 5.13 Å². The van der Waals surface area contributed by atoms with E-state index in [9.17, 15) is 4.79 Å². The highest BCUT2D eigenvalue weighted by molar-refractivity contribution is 7.22. The Bertz CT molecular complexity index is 1070. The van der Waals surface area contributed by atoms with Crippen molar-refractivity contribution in [3.05, 3.63) is 41.5 Å². The number of aromatic nitrogens is 1. The van der Waals surface area contributed by atoms with E-state index in [1.165, 1.54) is 5.56 Å². The summed E-state index contributed by atoms with van der Waals surface area (Å²) in [5.41, 5.74) is 2.64. The molecule has 8 heteroatoms. The second kappa shape index (κ2) is 8.39. The van der Waals surface area contributed by atoms with Gasteiger partial charge in [0.05, 0.1) is 31.6 Å². The van der Waals surface area contributed by atoms with Crippen molar-refractivity contribution in [2.45, 2.75) is 6.92 Å². The van der Waals surface area contributed by atoms with Crippen LogP contribution in [0.5, 0.6) is 17.2 Å². The summed E-state index contributed by atoms with van der Waals surface area (Å²) in [6.45, 7) is 4.79. The topological polar surface area (TPSA) is 64.1 Å². The van der Waals surface area contributed by atoms with Gasteiger partial charge in [-0.2, -0.15) is 0 Å². The maximum Gasteiger partial charge on any atom is 0.257 e. The number of methoxy groups -OCH3 is 3. The highest BCUT2D eigenvalue weighted by Gasteiger charge is 2.26. The summed E-state index contributed by atoms with van der Waals surface area (Å²) in [5, 5.41) is 0.965. The minimum absolute atomic E-state index is 0.0315. The molecule has 2 aromatic carbocycles. The van der Waals surface area contributed by atoms with E-state index in [-0.39, 0.29) is 5.91 Å². The molecule has 0 radical (unpaired) electrons. The zero-order chi connectivity index (χ0) is 21.3. The molecule has 1 saturated heterocycles. The van der Waals surface area contributed by atoms with Gasteiger partial charge in [-0.25, -0.2) is 4.98 Å². The van der Waals surface area contributed by atoms with Crippen molar-refractivity contribution >= 4 is 32.6 Å². The molecular weight excluding hydrogens is 402 g/mol. The predicted molar refractivity (Wildman–Crippen MR) is 119 cm³/mol. The minimum atomic E-state index is -0.0315. The van der Waals surface area contributed by atoms with Gasteiger partial charge in [-0.1, -0.05) is 17.4 Å². The van der Waals surface area contributed by atoms with Gasteiger partial charge in [0.2, 0.25) is 0 Å². The lowest BCUT2D eigenvalue weighted by molar-refractivity contribution is 0.0743. The van der Waals surface area contributed by atoms with E-state index in [1.807, 2.05) is 11.0 Å². The van der Waals surface area contributed by atoms with Gasteiger partial charge < -0.3 is 24.0 Å². The van der Waals surface area contributed by atoms with Gasteiger partial charge in [0.1, 0.15) is 22.8 Å². The third-order valence-electron chi connectivity index (χ3n) is 5.39. The molecule has 1 aromatic heterocycles. The Kier molecular flexibility index (Phi) is 5.67. The van der Waals surface area contributed by atoms with E-state index < -0.39 is 0 Å². The molecule has 0 saturated carbocycles. The van der Waals surface area contributed by atoms with Gasteiger partial charge in [0.25, 0.3) is 5.91 Å². The number of carbonyl (C=O) groups excluding carboxylic acids is 1. The van der Waals surface area contributed by atoms with Gasteiger partial charge in [-0.05, 0) is 30.7 Å². The summed E-state index contributed by atoms with van der Waals surface area (Å²) in [4.78, 5) is 22.0. The molecule has 1 amide bonds. The fourth-order valence-electron chi connectivity index (χ4n) is 3.64. The third-order valence-corrected chi connectivity index (χ3v) is 6.64. The second-order valence-electron chi connectivity index (χ2n) is 7.10. The van der Waals surface area contributed by atoms with Gasteiger partial charge >= 0.3 is 0 Å². The van der Waals surface area contributed by atoms with Crippen molar-refractivity contribution in [2.75, 3.05) is 52.4 Å². The summed E-state index contributed by atoms with van der Waals surface area (Å²) in [6, 6.07) is 9.29. The quantitative estimate of drug-likeness (QED) is 0.620. The van der Waals surface area contributed by atoms with Gasteiger partial charge in [0, 0.05) is 32.2 Å². The lowest BCUT2D eigenvalue weighted by Gasteiger charge is -2.34. The first-order chi connectivity index (χ1) is 14.5. The highest BCUT2D eigenvalue weighted by Crippen LogP contribution is 2.36. The first-order valence-electron chi connectivity index (χ1n) is 9.76. The molecule has 1 fully saturated rings. The molecule has 7 nitrogen and oxygen atoms in total. The van der Waals surface area contributed by atoms with Gasteiger partial charge in [0.15, 0.2) is 5.13 Å². The fourth-order valence-corrected chi connectivity index (χ4v) is 4.75. The first kappa shape index (κ1) is 20.3. The van der Waals surface area contributed by atoms with Crippen LogP contribution in [-0.2, 0) is 0 Å². The molecule has 0 N–H and O–H groups in total. The lowest BCUT2D eigenvalue weighted by atomic mass is 10.1. The summed E-state index contributed by atoms with van der Waals surface area (Å²) >= 11 is 1.67. The highest BCUT2D eigenvalue weighted by atomic mass is 32.1. The number of hydrogen-bond acceptors (Lipinski definition) is 7. The number of benzene rings is 2. The number of rotatable bonds is 5. The van der Waals surface area contributed by atoms with E-state index in [2.05, 4.69) is 17.9 Å². The van der Waals surface area contributed by atoms with Crippen molar-refractivity contribution in [3.8, 4) is 17.2 Å². The van der Waals surface area contributed by atoms with Crippen molar-refractivity contribution in [2.24, 2.45) is 0 Å². The largest absolute Gasteiger partial charge is 0.497 e. The third kappa shape index (κ3) is 3.63. The average Bonchev–Trinajstić information content (AvgIpc) is 3.25. The number of ether oxygens (including phenoxy) is 3. The van der Waals surface area contributed by atoms with Crippen molar-refractivity contribution in [1.82, 2.24) is 9.88 Å². The number of carbonyl (C=O) groups is 1. The number of piperazine rings is 1. The molecule has 3 aromatic rings. The van der Waals surface area contributed by atoms with Gasteiger partial charge in [-0.3, -0.25) is 4.79 Å². The Morgan fingerprint density at radius 1 is 0.967 bits per heavy atom. The molecule has 4 rings (SSSR count). The molecule has 1 aliphatic rings. The summed E-state index contributed by atoms with van der Waals surface area (Å²) in [7, 11) is 4.82. The normalized spacial score (nSPS) is 14.1. The van der Waals surface area contributed by atoms with Crippen LogP contribution < -0.4 is 19.1 Å². The molecule has 0 spiro atoms. The Hall–Kier alpha value is -3.00. The second-order valence-corrected chi connectivity index (χ2v) is 8.08. The van der Waals surface area contributed by atoms with Crippen LogP contribution >= 0.6 is 11.3 Å². The number of hydrogen-bond donors (Lipinski definition) is 0. The molecule has 0 unspecified atom stereocenters. The molecule has 0 aliphatic carbocycles. The Morgan fingerprint density at radius 3 is 2.37 bits per heavy atom. The molecule has 1 aliphatic heterocycles. The molecular formula is C22H25N3O4S. The molecule has 2 heterocycles. The van der Waals surface area contributed by atoms with Crippen LogP contribution in [-0.4, -0.2) is 63.3 Å². The Morgan fingerprint density at radius 2 is 1.70 bits per heavy atom. The van der Waals surface area contributed by atoms with E-state index in [4.69, 9.17) is 19.2 Å². The molecule has 158 valence electrons. The molecule has 30 heavy (non-hydrogen) atoms. The van der Waals surface area contributed by atoms with Crippen LogP contribution in [0.25, 0.3) is 10.2 Å². The Labute approximate surface area is 179 Å². The SMILES string of the molecule is COc1ccc(C(=O)N2CCN(c3nc4c(OC)ccc(C)c4s3)CC2)c(OC)c1. The number of thiazole rings is 1. The zero-order valence-corrected chi connectivity index (χ0v) is 18.4. The molecule has 0 atom stereocenters. The summed E-state index contributed by atoms with van der Waals surface area (Å²) < 4.78 is 17.2. The summed E-state index contributed by atoms with van der Waals surface area (Å²) in [6.07, 6.45) is 0. The number of aryl methyl sites for hydroxylation is 1. The van der Waals surface area contributed by atoms with Crippen molar-refractivity contribution in [1.29, 1.82) is 0 Å². The zero-order valence-electron chi connectivity index (χ0n) is 17.6. The van der Waals surface area contributed by atoms with E-state index in [0.717, 1.165) is 34.2 Å². The Balaban J connectivity index is 1.50. The predicted octanol–water partition coefficient (Wildman–Crippen LogP) is 3.59. The smallest absolute Gasteiger partial charge is 0.257 e.